The van der Waals surface area contributed by atoms with E-state index in [-0.39, 0.29) is 10.8 Å². The number of nitrogens with zero attached hydrogens (tertiary/aromatic N) is 2. The fraction of sp³-hybridized carbons (Fsp3) is 0.611. The lowest BCUT2D eigenvalue weighted by Gasteiger charge is -2.31. The molecule has 0 bridgehead atoms. The zero-order chi connectivity index (χ0) is 19.2. The Hall–Kier alpha value is -1.64. The highest BCUT2D eigenvalue weighted by Crippen LogP contribution is 2.31. The van der Waals surface area contributed by atoms with E-state index in [0.717, 1.165) is 12.1 Å². The van der Waals surface area contributed by atoms with Crippen LogP contribution in [0.2, 0.25) is 0 Å². The smallest absolute Gasteiger partial charge is 0.243 e. The normalized spacial score (nSPS) is 15.3. The molecule has 0 aliphatic carbocycles. The van der Waals surface area contributed by atoms with Crippen molar-refractivity contribution in [2.75, 3.05) is 49.6 Å². The third kappa shape index (κ3) is 4.75. The third-order valence-electron chi connectivity index (χ3n) is 4.41. The van der Waals surface area contributed by atoms with Gasteiger partial charge in [-0.05, 0) is 24.6 Å². The van der Waals surface area contributed by atoms with Gasteiger partial charge >= 0.3 is 0 Å². The number of hydrogen-bond acceptors (Lipinski definition) is 5. The monoisotopic (exact) mass is 383 g/mol. The second-order valence-corrected chi connectivity index (χ2v) is 8.10. The Morgan fingerprint density at radius 1 is 1.19 bits per heavy atom. The molecule has 1 N–H and O–H groups in total. The first kappa shape index (κ1) is 20.7. The van der Waals surface area contributed by atoms with Crippen LogP contribution < -0.4 is 10.2 Å². The number of sulfonamides is 1. The minimum absolute atomic E-state index is 0.112. The fourth-order valence-corrected chi connectivity index (χ4v) is 4.49. The van der Waals surface area contributed by atoms with Gasteiger partial charge in [0.15, 0.2) is 0 Å². The van der Waals surface area contributed by atoms with Gasteiger partial charge in [-0.3, -0.25) is 4.79 Å². The predicted octanol–water partition coefficient (Wildman–Crippen LogP) is 2.29. The summed E-state index contributed by atoms with van der Waals surface area (Å²) in [6, 6.07) is 4.98. The number of amides is 1. The summed E-state index contributed by atoms with van der Waals surface area (Å²) in [5.41, 5.74) is 1.37. The largest absolute Gasteiger partial charge is 0.378 e. The van der Waals surface area contributed by atoms with E-state index >= 15 is 0 Å². The van der Waals surface area contributed by atoms with Crippen LogP contribution in [0.4, 0.5) is 11.4 Å². The highest BCUT2D eigenvalue weighted by Gasteiger charge is 2.24. The summed E-state index contributed by atoms with van der Waals surface area (Å²) >= 11 is 0. The molecule has 1 amide bonds. The van der Waals surface area contributed by atoms with Crippen molar-refractivity contribution in [3.63, 3.8) is 0 Å². The molecule has 0 aromatic heterocycles. The lowest BCUT2D eigenvalue weighted by molar-refractivity contribution is -0.116. The third-order valence-corrected chi connectivity index (χ3v) is 6.46. The van der Waals surface area contributed by atoms with Gasteiger partial charge in [-0.2, -0.15) is 4.31 Å². The number of morpholine rings is 1. The van der Waals surface area contributed by atoms with Gasteiger partial charge in [0.2, 0.25) is 15.9 Å². The van der Waals surface area contributed by atoms with E-state index in [1.165, 1.54) is 4.31 Å². The number of anilines is 2. The van der Waals surface area contributed by atoms with Crippen molar-refractivity contribution in [1.29, 1.82) is 0 Å². The Morgan fingerprint density at radius 2 is 1.85 bits per heavy atom. The van der Waals surface area contributed by atoms with Crippen molar-refractivity contribution in [3.8, 4) is 0 Å². The van der Waals surface area contributed by atoms with E-state index in [1.54, 1.807) is 18.2 Å². The van der Waals surface area contributed by atoms with Gasteiger partial charge in [-0.25, -0.2) is 8.42 Å². The second kappa shape index (κ2) is 9.34. The minimum Gasteiger partial charge on any atom is -0.378 e. The van der Waals surface area contributed by atoms with Crippen LogP contribution in [0.15, 0.2) is 23.1 Å². The molecule has 1 aromatic carbocycles. The van der Waals surface area contributed by atoms with Gasteiger partial charge in [0.25, 0.3) is 0 Å². The molecule has 1 aliphatic rings. The molecule has 146 valence electrons. The molecule has 0 saturated carbocycles. The average Bonchev–Trinajstić information content (AvgIpc) is 2.63. The summed E-state index contributed by atoms with van der Waals surface area (Å²) in [5, 5.41) is 2.89. The first-order valence-corrected chi connectivity index (χ1v) is 10.6. The maximum absolute atomic E-state index is 12.8. The molecular weight excluding hydrogens is 354 g/mol. The van der Waals surface area contributed by atoms with Gasteiger partial charge in [0, 0.05) is 32.6 Å². The quantitative estimate of drug-likeness (QED) is 0.745. The standard InChI is InChI=1S/C18H29N3O4S/c1-4-7-18(22)19-16-14-15(26(23,24)21(5-2)6-3)8-9-17(16)20-10-12-25-13-11-20/h8-9,14H,4-7,10-13H2,1-3H3,(H,19,22). The van der Waals surface area contributed by atoms with Crippen molar-refractivity contribution in [2.24, 2.45) is 0 Å². The molecule has 7 nitrogen and oxygen atoms in total. The van der Waals surface area contributed by atoms with Crippen molar-refractivity contribution < 1.29 is 17.9 Å². The van der Waals surface area contributed by atoms with Crippen LogP contribution in [0.25, 0.3) is 0 Å². The lowest BCUT2D eigenvalue weighted by Crippen LogP contribution is -2.37. The molecule has 1 heterocycles. The zero-order valence-corrected chi connectivity index (χ0v) is 16.6. The molecule has 0 spiro atoms. The Kier molecular flexibility index (Phi) is 7.43. The average molecular weight is 384 g/mol. The molecule has 0 atom stereocenters. The molecular formula is C18H29N3O4S. The van der Waals surface area contributed by atoms with E-state index in [1.807, 2.05) is 20.8 Å². The summed E-state index contributed by atoms with van der Waals surface area (Å²) < 4.78 is 32.4. The summed E-state index contributed by atoms with van der Waals surface area (Å²) in [5.74, 6) is -0.112. The highest BCUT2D eigenvalue weighted by atomic mass is 32.2. The predicted molar refractivity (Wildman–Crippen MR) is 103 cm³/mol. The van der Waals surface area contributed by atoms with Crippen molar-refractivity contribution in [3.05, 3.63) is 18.2 Å². The van der Waals surface area contributed by atoms with Crippen molar-refractivity contribution in [2.45, 2.75) is 38.5 Å². The van der Waals surface area contributed by atoms with E-state index in [0.29, 0.717) is 51.5 Å². The Balaban J connectivity index is 2.42. The van der Waals surface area contributed by atoms with Crippen LogP contribution in [-0.2, 0) is 19.6 Å². The zero-order valence-electron chi connectivity index (χ0n) is 15.8. The van der Waals surface area contributed by atoms with Crippen LogP contribution in [0, 0.1) is 0 Å². The molecule has 2 rings (SSSR count). The summed E-state index contributed by atoms with van der Waals surface area (Å²) in [6.45, 7) is 9.01. The first-order valence-electron chi connectivity index (χ1n) is 9.20. The maximum atomic E-state index is 12.8. The number of benzene rings is 1. The minimum atomic E-state index is -3.58. The molecule has 8 heteroatoms. The van der Waals surface area contributed by atoms with Gasteiger partial charge in [0.1, 0.15) is 0 Å². The highest BCUT2D eigenvalue weighted by molar-refractivity contribution is 7.89. The van der Waals surface area contributed by atoms with Crippen LogP contribution in [0.3, 0.4) is 0 Å². The molecule has 0 unspecified atom stereocenters. The topological polar surface area (TPSA) is 79.0 Å². The Bertz CT molecular complexity index is 711. The van der Waals surface area contributed by atoms with Crippen molar-refractivity contribution >= 4 is 27.3 Å². The Morgan fingerprint density at radius 3 is 2.42 bits per heavy atom. The fourth-order valence-electron chi connectivity index (χ4n) is 3.01. The number of rotatable bonds is 8. The molecule has 1 saturated heterocycles. The number of carbonyl (C=O) groups is 1. The second-order valence-electron chi connectivity index (χ2n) is 6.17. The number of nitrogens with one attached hydrogen (secondary N) is 1. The van der Waals surface area contributed by atoms with E-state index in [4.69, 9.17) is 4.74 Å². The lowest BCUT2D eigenvalue weighted by atomic mass is 10.2. The number of ether oxygens (including phenoxy) is 1. The van der Waals surface area contributed by atoms with Crippen molar-refractivity contribution in [1.82, 2.24) is 4.31 Å². The molecule has 1 aromatic rings. The van der Waals surface area contributed by atoms with Crippen LogP contribution in [-0.4, -0.2) is 58.0 Å². The van der Waals surface area contributed by atoms with E-state index < -0.39 is 10.0 Å². The summed E-state index contributed by atoms with van der Waals surface area (Å²) in [6.07, 6.45) is 1.13. The summed E-state index contributed by atoms with van der Waals surface area (Å²) in [4.78, 5) is 14.4. The van der Waals surface area contributed by atoms with Gasteiger partial charge in [0.05, 0.1) is 29.5 Å². The SMILES string of the molecule is CCCC(=O)Nc1cc(S(=O)(=O)N(CC)CC)ccc1N1CCOCC1. The maximum Gasteiger partial charge on any atom is 0.243 e. The number of hydrogen-bond donors (Lipinski definition) is 1. The van der Waals surface area contributed by atoms with Gasteiger partial charge < -0.3 is 15.0 Å². The van der Waals surface area contributed by atoms with Gasteiger partial charge in [-0.1, -0.05) is 20.8 Å². The summed E-state index contributed by atoms with van der Waals surface area (Å²) in [7, 11) is -3.58. The van der Waals surface area contributed by atoms with Crippen LogP contribution in [0.1, 0.15) is 33.6 Å². The first-order chi connectivity index (χ1) is 12.4. The van der Waals surface area contributed by atoms with Crippen LogP contribution >= 0.6 is 0 Å². The van der Waals surface area contributed by atoms with E-state index in [9.17, 15) is 13.2 Å². The molecule has 1 aliphatic heterocycles. The Labute approximate surface area is 156 Å². The van der Waals surface area contributed by atoms with Gasteiger partial charge in [-0.15, -0.1) is 0 Å². The van der Waals surface area contributed by atoms with E-state index in [2.05, 4.69) is 10.2 Å². The molecule has 0 radical (unpaired) electrons. The number of carbonyl (C=O) groups excluding carboxylic acids is 1. The van der Waals surface area contributed by atoms with Crippen LogP contribution in [0.5, 0.6) is 0 Å². The molecule has 26 heavy (non-hydrogen) atoms. The molecule has 1 fully saturated rings.